The normalized spacial score (nSPS) is 13.6. The molecule has 1 aromatic rings. The van der Waals surface area contributed by atoms with Gasteiger partial charge in [-0.15, -0.1) is 0 Å². The van der Waals surface area contributed by atoms with Gasteiger partial charge in [-0.2, -0.15) is 0 Å². The van der Waals surface area contributed by atoms with E-state index in [1.807, 2.05) is 12.3 Å². The van der Waals surface area contributed by atoms with E-state index in [0.717, 1.165) is 0 Å². The molecule has 2 N–H and O–H groups in total. The van der Waals surface area contributed by atoms with Gasteiger partial charge in [0.05, 0.1) is 0 Å². The van der Waals surface area contributed by atoms with Crippen LogP contribution in [0, 0.1) is 0 Å². The molecule has 50 valence electrons. The first-order chi connectivity index (χ1) is 4.34. The van der Waals surface area contributed by atoms with Gasteiger partial charge in [-0.1, -0.05) is 6.92 Å². The van der Waals surface area contributed by atoms with Crippen LogP contribution in [0.15, 0.2) is 12.3 Å². The van der Waals surface area contributed by atoms with Crippen molar-refractivity contribution in [3.63, 3.8) is 0 Å². The van der Waals surface area contributed by atoms with E-state index in [1.165, 1.54) is 16.4 Å². The second kappa shape index (κ2) is 2.94. The van der Waals surface area contributed by atoms with E-state index < -0.39 is 0 Å². The van der Waals surface area contributed by atoms with Crippen molar-refractivity contribution in [3.05, 3.63) is 17.1 Å². The Bertz CT molecular complexity index is 160. The van der Waals surface area contributed by atoms with Crippen molar-refractivity contribution in [2.45, 2.75) is 12.8 Å². The first-order valence-electron chi connectivity index (χ1n) is 2.95. The molecule has 9 heavy (non-hydrogen) atoms. The summed E-state index contributed by atoms with van der Waals surface area (Å²) in [7, 11) is 0. The van der Waals surface area contributed by atoms with E-state index in [2.05, 4.69) is 11.3 Å². The molecule has 1 aromatic heterocycles. The topological polar surface area (TPSA) is 38.9 Å². The zero-order valence-electron chi connectivity index (χ0n) is 5.37. The molecule has 0 bridgehead atoms. The monoisotopic (exact) mass is 142 g/mol. The van der Waals surface area contributed by atoms with E-state index in [0.29, 0.717) is 12.5 Å². The maximum atomic E-state index is 5.44. The lowest BCUT2D eigenvalue weighted by atomic mass is 10.1. The Morgan fingerprint density at radius 3 is 3.11 bits per heavy atom. The fourth-order valence-corrected chi connectivity index (χ4v) is 1.24. The van der Waals surface area contributed by atoms with Crippen LogP contribution in [0.1, 0.15) is 17.7 Å². The number of hydrogen-bond acceptors (Lipinski definition) is 3. The standard InChI is InChI=1S/C6H10N2S/c1-5(4-7)6-2-3-8-9-6/h2-3,5H,4,7H2,1H3. The number of nitrogens with zero attached hydrogens (tertiary/aromatic N) is 1. The molecule has 0 aliphatic carbocycles. The van der Waals surface area contributed by atoms with E-state index >= 15 is 0 Å². The Labute approximate surface area is 58.9 Å². The molecule has 1 heterocycles. The molecule has 0 radical (unpaired) electrons. The summed E-state index contributed by atoms with van der Waals surface area (Å²) in [5.74, 6) is 0.470. The van der Waals surface area contributed by atoms with Gasteiger partial charge in [-0.3, -0.25) is 0 Å². The van der Waals surface area contributed by atoms with Crippen LogP contribution in [0.2, 0.25) is 0 Å². The molecule has 1 unspecified atom stereocenters. The lowest BCUT2D eigenvalue weighted by Crippen LogP contribution is -2.06. The van der Waals surface area contributed by atoms with Gasteiger partial charge in [0.25, 0.3) is 0 Å². The molecule has 0 aliphatic heterocycles. The predicted molar refractivity (Wildman–Crippen MR) is 39.6 cm³/mol. The molecule has 0 aromatic carbocycles. The number of rotatable bonds is 2. The van der Waals surface area contributed by atoms with Gasteiger partial charge in [0, 0.05) is 17.0 Å². The molecule has 0 aliphatic rings. The van der Waals surface area contributed by atoms with Crippen molar-refractivity contribution >= 4 is 11.5 Å². The van der Waals surface area contributed by atoms with E-state index in [1.54, 1.807) is 0 Å². The van der Waals surface area contributed by atoms with Gasteiger partial charge in [0.2, 0.25) is 0 Å². The van der Waals surface area contributed by atoms with Crippen LogP contribution < -0.4 is 5.73 Å². The molecule has 0 fully saturated rings. The molecule has 1 rings (SSSR count). The van der Waals surface area contributed by atoms with Gasteiger partial charge in [-0.25, -0.2) is 4.37 Å². The Kier molecular flexibility index (Phi) is 2.19. The molecule has 0 saturated heterocycles. The number of aromatic nitrogens is 1. The van der Waals surface area contributed by atoms with E-state index in [9.17, 15) is 0 Å². The van der Waals surface area contributed by atoms with E-state index in [4.69, 9.17) is 5.73 Å². The lowest BCUT2D eigenvalue weighted by molar-refractivity contribution is 0.790. The van der Waals surface area contributed by atoms with Crippen LogP contribution in [0.4, 0.5) is 0 Å². The summed E-state index contributed by atoms with van der Waals surface area (Å²) in [4.78, 5) is 1.28. The minimum Gasteiger partial charge on any atom is -0.330 e. The van der Waals surface area contributed by atoms with Crippen LogP contribution in [0.25, 0.3) is 0 Å². The average molecular weight is 142 g/mol. The van der Waals surface area contributed by atoms with Crippen molar-refractivity contribution in [1.82, 2.24) is 4.37 Å². The third-order valence-corrected chi connectivity index (χ3v) is 2.27. The highest BCUT2D eigenvalue weighted by molar-refractivity contribution is 7.05. The summed E-state index contributed by atoms with van der Waals surface area (Å²) >= 11 is 1.53. The van der Waals surface area contributed by atoms with Crippen molar-refractivity contribution in [2.24, 2.45) is 5.73 Å². The molecular weight excluding hydrogens is 132 g/mol. The lowest BCUT2D eigenvalue weighted by Gasteiger charge is -2.01. The molecular formula is C6H10N2S. The number of hydrogen-bond donors (Lipinski definition) is 1. The highest BCUT2D eigenvalue weighted by Crippen LogP contribution is 2.16. The van der Waals surface area contributed by atoms with Crippen LogP contribution in [-0.4, -0.2) is 10.9 Å². The molecule has 0 saturated carbocycles. The zero-order chi connectivity index (χ0) is 6.69. The Hall–Kier alpha value is -0.410. The van der Waals surface area contributed by atoms with Gasteiger partial charge >= 0.3 is 0 Å². The largest absolute Gasteiger partial charge is 0.330 e. The summed E-state index contributed by atoms with van der Waals surface area (Å²) in [5.41, 5.74) is 5.44. The first kappa shape index (κ1) is 6.71. The fourth-order valence-electron chi connectivity index (χ4n) is 0.596. The van der Waals surface area contributed by atoms with E-state index in [-0.39, 0.29) is 0 Å². The maximum Gasteiger partial charge on any atom is 0.0409 e. The minimum atomic E-state index is 0.470. The van der Waals surface area contributed by atoms with Gasteiger partial charge < -0.3 is 5.73 Å². The zero-order valence-corrected chi connectivity index (χ0v) is 6.19. The molecule has 2 nitrogen and oxygen atoms in total. The highest BCUT2D eigenvalue weighted by atomic mass is 32.1. The predicted octanol–water partition coefficient (Wildman–Crippen LogP) is 1.21. The average Bonchev–Trinajstić information content (AvgIpc) is 2.37. The summed E-state index contributed by atoms with van der Waals surface area (Å²) in [6.07, 6.45) is 1.81. The minimum absolute atomic E-state index is 0.470. The van der Waals surface area contributed by atoms with Crippen molar-refractivity contribution in [1.29, 1.82) is 0 Å². The first-order valence-corrected chi connectivity index (χ1v) is 3.72. The summed E-state index contributed by atoms with van der Waals surface area (Å²) in [6.45, 7) is 2.82. The smallest absolute Gasteiger partial charge is 0.0409 e. The van der Waals surface area contributed by atoms with Gasteiger partial charge in [0.15, 0.2) is 0 Å². The Balaban J connectivity index is 2.65. The van der Waals surface area contributed by atoms with Crippen molar-refractivity contribution in [2.75, 3.05) is 6.54 Å². The summed E-state index contributed by atoms with van der Waals surface area (Å²) in [6, 6.07) is 2.02. The summed E-state index contributed by atoms with van der Waals surface area (Å²) in [5, 5.41) is 0. The van der Waals surface area contributed by atoms with Gasteiger partial charge in [0.1, 0.15) is 0 Å². The highest BCUT2D eigenvalue weighted by Gasteiger charge is 2.02. The van der Waals surface area contributed by atoms with Crippen LogP contribution in [-0.2, 0) is 0 Å². The Morgan fingerprint density at radius 2 is 2.67 bits per heavy atom. The van der Waals surface area contributed by atoms with Crippen LogP contribution >= 0.6 is 11.5 Å². The summed E-state index contributed by atoms with van der Waals surface area (Å²) < 4.78 is 3.98. The molecule has 3 heteroatoms. The fraction of sp³-hybridized carbons (Fsp3) is 0.500. The molecule has 0 amide bonds. The Morgan fingerprint density at radius 1 is 1.89 bits per heavy atom. The van der Waals surface area contributed by atoms with Crippen molar-refractivity contribution < 1.29 is 0 Å². The third-order valence-electron chi connectivity index (χ3n) is 1.30. The maximum absolute atomic E-state index is 5.44. The second-order valence-electron chi connectivity index (χ2n) is 2.05. The quantitative estimate of drug-likeness (QED) is 0.674. The molecule has 1 atom stereocenters. The second-order valence-corrected chi connectivity index (χ2v) is 2.92. The number of nitrogens with two attached hydrogens (primary N) is 1. The van der Waals surface area contributed by atoms with Crippen LogP contribution in [0.3, 0.4) is 0 Å². The molecule has 0 spiro atoms. The third kappa shape index (κ3) is 1.50. The van der Waals surface area contributed by atoms with Gasteiger partial charge in [-0.05, 0) is 24.1 Å². The van der Waals surface area contributed by atoms with Crippen molar-refractivity contribution in [3.8, 4) is 0 Å². The van der Waals surface area contributed by atoms with Crippen LogP contribution in [0.5, 0.6) is 0 Å². The SMILES string of the molecule is CC(CN)c1ccns1.